The van der Waals surface area contributed by atoms with E-state index in [1.807, 2.05) is 36.4 Å². The summed E-state index contributed by atoms with van der Waals surface area (Å²) in [6.07, 6.45) is 2.27. The number of amides is 1. The van der Waals surface area contributed by atoms with Gasteiger partial charge in [-0.3, -0.25) is 0 Å². The van der Waals surface area contributed by atoms with Crippen LogP contribution in [-0.2, 0) is 9.53 Å². The number of hydrogen-bond donors (Lipinski definition) is 3. The van der Waals surface area contributed by atoms with Gasteiger partial charge in [0.2, 0.25) is 0 Å². The molecule has 1 saturated carbocycles. The minimum Gasteiger partial charge on any atom is -0.480 e. The Morgan fingerprint density at radius 2 is 1.53 bits per heavy atom. The van der Waals surface area contributed by atoms with Crippen LogP contribution in [0.4, 0.5) is 4.79 Å². The van der Waals surface area contributed by atoms with Gasteiger partial charge in [-0.1, -0.05) is 48.5 Å². The van der Waals surface area contributed by atoms with E-state index >= 15 is 0 Å². The van der Waals surface area contributed by atoms with Gasteiger partial charge in [0, 0.05) is 5.92 Å². The number of aliphatic hydroxyl groups excluding tert-OH is 1. The van der Waals surface area contributed by atoms with Crippen molar-refractivity contribution in [2.75, 3.05) is 6.61 Å². The average molecular weight is 409 g/mol. The molecule has 2 aromatic carbocycles. The number of alkyl carbamates (subject to hydrolysis) is 1. The molecular formula is C24H27NO5. The molecule has 158 valence electrons. The summed E-state index contributed by atoms with van der Waals surface area (Å²) in [7, 11) is 0. The molecule has 6 nitrogen and oxygen atoms in total. The minimum absolute atomic E-state index is 0.0636. The molecule has 0 aliphatic heterocycles. The van der Waals surface area contributed by atoms with Gasteiger partial charge in [-0.15, -0.1) is 0 Å². The van der Waals surface area contributed by atoms with E-state index in [-0.39, 0.29) is 24.5 Å². The molecule has 2 aliphatic carbocycles. The van der Waals surface area contributed by atoms with Crippen LogP contribution in [0.5, 0.6) is 0 Å². The van der Waals surface area contributed by atoms with Crippen LogP contribution in [0, 0.1) is 5.92 Å². The summed E-state index contributed by atoms with van der Waals surface area (Å²) in [6, 6.07) is 15.2. The molecule has 2 aliphatic rings. The lowest BCUT2D eigenvalue weighted by Gasteiger charge is -2.27. The number of aliphatic carboxylic acids is 1. The van der Waals surface area contributed by atoms with Crippen molar-refractivity contribution < 1.29 is 24.5 Å². The molecular weight excluding hydrogens is 382 g/mol. The Labute approximate surface area is 175 Å². The topological polar surface area (TPSA) is 95.9 Å². The fourth-order valence-electron chi connectivity index (χ4n) is 4.72. The zero-order valence-electron chi connectivity index (χ0n) is 16.8. The van der Waals surface area contributed by atoms with Crippen LogP contribution < -0.4 is 5.32 Å². The van der Waals surface area contributed by atoms with Crippen molar-refractivity contribution in [3.05, 3.63) is 59.7 Å². The molecule has 1 amide bonds. The van der Waals surface area contributed by atoms with Crippen molar-refractivity contribution in [3.8, 4) is 11.1 Å². The lowest BCUT2D eigenvalue weighted by atomic mass is 9.83. The van der Waals surface area contributed by atoms with Gasteiger partial charge >= 0.3 is 12.1 Å². The van der Waals surface area contributed by atoms with E-state index in [0.29, 0.717) is 19.3 Å². The highest BCUT2D eigenvalue weighted by molar-refractivity contribution is 5.81. The largest absolute Gasteiger partial charge is 0.480 e. The van der Waals surface area contributed by atoms with Crippen molar-refractivity contribution in [3.63, 3.8) is 0 Å². The molecule has 0 heterocycles. The maximum absolute atomic E-state index is 12.4. The van der Waals surface area contributed by atoms with Crippen LogP contribution in [-0.4, -0.2) is 41.0 Å². The normalized spacial score (nSPS) is 21.4. The maximum Gasteiger partial charge on any atom is 0.407 e. The first-order chi connectivity index (χ1) is 14.5. The zero-order valence-corrected chi connectivity index (χ0v) is 16.8. The number of carboxylic acid groups (broad SMARTS) is 1. The average Bonchev–Trinajstić information content (AvgIpc) is 3.07. The minimum atomic E-state index is -1.06. The monoisotopic (exact) mass is 409 g/mol. The van der Waals surface area contributed by atoms with Crippen LogP contribution in [0.25, 0.3) is 11.1 Å². The van der Waals surface area contributed by atoms with Crippen molar-refractivity contribution in [2.45, 2.75) is 50.2 Å². The second-order valence-electron chi connectivity index (χ2n) is 8.27. The van der Waals surface area contributed by atoms with Crippen LogP contribution in [0.3, 0.4) is 0 Å². The molecule has 2 aromatic rings. The quantitative estimate of drug-likeness (QED) is 0.672. The molecule has 1 atom stereocenters. The molecule has 0 aromatic heterocycles. The summed E-state index contributed by atoms with van der Waals surface area (Å²) in [5, 5.41) is 21.7. The number of aliphatic hydroxyl groups is 1. The van der Waals surface area contributed by atoms with Crippen molar-refractivity contribution in [2.24, 2.45) is 5.92 Å². The number of carbonyl (C=O) groups excluding carboxylic acids is 1. The Kier molecular flexibility index (Phi) is 6.04. The van der Waals surface area contributed by atoms with Gasteiger partial charge in [0.15, 0.2) is 0 Å². The van der Waals surface area contributed by atoms with Gasteiger partial charge in [-0.25, -0.2) is 9.59 Å². The predicted molar refractivity (Wildman–Crippen MR) is 112 cm³/mol. The number of rotatable bonds is 6. The molecule has 1 unspecified atom stereocenters. The van der Waals surface area contributed by atoms with E-state index in [0.717, 1.165) is 35.1 Å². The van der Waals surface area contributed by atoms with Crippen molar-refractivity contribution in [1.82, 2.24) is 5.32 Å². The van der Waals surface area contributed by atoms with Crippen LogP contribution in [0.15, 0.2) is 48.5 Å². The van der Waals surface area contributed by atoms with Crippen LogP contribution in [0.1, 0.15) is 49.1 Å². The third-order valence-electron chi connectivity index (χ3n) is 6.32. The summed E-state index contributed by atoms with van der Waals surface area (Å²) < 4.78 is 5.47. The first-order valence-electron chi connectivity index (χ1n) is 10.5. The zero-order chi connectivity index (χ0) is 21.1. The van der Waals surface area contributed by atoms with E-state index in [4.69, 9.17) is 4.74 Å². The van der Waals surface area contributed by atoms with Crippen molar-refractivity contribution in [1.29, 1.82) is 0 Å². The molecule has 0 spiro atoms. The summed E-state index contributed by atoms with van der Waals surface area (Å²) >= 11 is 0. The molecule has 0 bridgehead atoms. The van der Waals surface area contributed by atoms with Crippen LogP contribution >= 0.6 is 0 Å². The molecule has 4 rings (SSSR count). The number of ether oxygens (including phenoxy) is 1. The van der Waals surface area contributed by atoms with E-state index in [1.54, 1.807) is 0 Å². The first-order valence-corrected chi connectivity index (χ1v) is 10.5. The second-order valence-corrected chi connectivity index (χ2v) is 8.27. The number of carbonyl (C=O) groups is 2. The SMILES string of the molecule is O=C(NC(C[C@H]1CC[C@@H](O)CC1)C(=O)O)OCC1c2ccccc2-c2ccccc21. The Bertz CT molecular complexity index is 874. The molecule has 30 heavy (non-hydrogen) atoms. The summed E-state index contributed by atoms with van der Waals surface area (Å²) in [5.74, 6) is -0.940. The fourth-order valence-corrected chi connectivity index (χ4v) is 4.72. The van der Waals surface area contributed by atoms with Gasteiger partial charge in [0.25, 0.3) is 0 Å². The van der Waals surface area contributed by atoms with Crippen molar-refractivity contribution >= 4 is 12.1 Å². The van der Waals surface area contributed by atoms with E-state index in [1.165, 1.54) is 0 Å². The van der Waals surface area contributed by atoms with E-state index < -0.39 is 18.1 Å². The van der Waals surface area contributed by atoms with Gasteiger partial charge in [0.05, 0.1) is 6.10 Å². The third-order valence-corrected chi connectivity index (χ3v) is 6.32. The smallest absolute Gasteiger partial charge is 0.407 e. The summed E-state index contributed by atoms with van der Waals surface area (Å²) in [5.41, 5.74) is 4.51. The van der Waals surface area contributed by atoms with Crippen LogP contribution in [0.2, 0.25) is 0 Å². The van der Waals surface area contributed by atoms with E-state index in [9.17, 15) is 19.8 Å². The first kappa shape index (κ1) is 20.4. The third kappa shape index (κ3) is 4.33. The molecule has 6 heteroatoms. The molecule has 0 saturated heterocycles. The van der Waals surface area contributed by atoms with Gasteiger partial charge < -0.3 is 20.3 Å². The van der Waals surface area contributed by atoms with Gasteiger partial charge in [0.1, 0.15) is 12.6 Å². The summed E-state index contributed by atoms with van der Waals surface area (Å²) in [6.45, 7) is 0.155. The number of carboxylic acids is 1. The highest BCUT2D eigenvalue weighted by Crippen LogP contribution is 2.44. The highest BCUT2D eigenvalue weighted by Gasteiger charge is 2.31. The Morgan fingerprint density at radius 3 is 2.10 bits per heavy atom. The molecule has 0 radical (unpaired) electrons. The Hall–Kier alpha value is -2.86. The second kappa shape index (κ2) is 8.88. The van der Waals surface area contributed by atoms with E-state index in [2.05, 4.69) is 17.4 Å². The lowest BCUT2D eigenvalue weighted by molar-refractivity contribution is -0.140. The van der Waals surface area contributed by atoms with Gasteiger partial charge in [-0.05, 0) is 60.3 Å². The fraction of sp³-hybridized carbons (Fsp3) is 0.417. The maximum atomic E-state index is 12.4. The lowest BCUT2D eigenvalue weighted by Crippen LogP contribution is -2.43. The molecule has 3 N–H and O–H groups in total. The number of fused-ring (bicyclic) bond motifs is 3. The number of nitrogens with one attached hydrogen (secondary N) is 1. The van der Waals surface area contributed by atoms with Gasteiger partial charge in [-0.2, -0.15) is 0 Å². The highest BCUT2D eigenvalue weighted by atomic mass is 16.5. The Morgan fingerprint density at radius 1 is 0.967 bits per heavy atom. The number of benzene rings is 2. The summed E-state index contributed by atoms with van der Waals surface area (Å²) in [4.78, 5) is 24.0. The Balaban J connectivity index is 1.37. The standard InChI is InChI=1S/C24H27NO5/c26-16-11-9-15(10-12-16)13-22(23(27)28)25-24(29)30-14-21-19-7-3-1-5-17(19)18-6-2-4-8-20(18)21/h1-8,15-16,21-22,26H,9-14H2,(H,25,29)(H,27,28)/t15-,16+,22?. The number of hydrogen-bond acceptors (Lipinski definition) is 4. The molecule has 1 fully saturated rings. The predicted octanol–water partition coefficient (Wildman–Crippen LogP) is 3.92.